The van der Waals surface area contributed by atoms with Gasteiger partial charge in [-0.25, -0.2) is 38.2 Å². The van der Waals surface area contributed by atoms with Crippen LogP contribution in [0.2, 0.25) is 0 Å². The number of ether oxygens (including phenoxy) is 1. The molecule has 4 aromatic heterocycles. The molecular weight excluding hydrogens is 879 g/mol. The summed E-state index contributed by atoms with van der Waals surface area (Å²) < 4.78 is 44.3. The molecule has 1 aromatic carbocycles. The number of aromatic nitrogens is 7. The van der Waals surface area contributed by atoms with E-state index in [9.17, 15) is 14.4 Å². The highest BCUT2D eigenvalue weighted by Gasteiger charge is 2.44. The summed E-state index contributed by atoms with van der Waals surface area (Å²) in [5.74, 6) is -0.176. The first-order valence-corrected chi connectivity index (χ1v) is 24.0. The first-order chi connectivity index (χ1) is 33.0. The number of fused-ring (bicyclic) bond motifs is 1. The maximum absolute atomic E-state index is 15.3. The zero-order valence-electron chi connectivity index (χ0n) is 38.1. The van der Waals surface area contributed by atoms with Gasteiger partial charge >= 0.3 is 6.09 Å². The van der Waals surface area contributed by atoms with Gasteiger partial charge in [0.25, 0.3) is 0 Å². The van der Waals surface area contributed by atoms with E-state index in [-0.39, 0.29) is 53.6 Å². The van der Waals surface area contributed by atoms with Crippen molar-refractivity contribution in [3.05, 3.63) is 53.8 Å². The molecule has 2 saturated carbocycles. The topological polar surface area (TPSA) is 219 Å². The number of anilines is 3. The number of nitrogens with two attached hydrogens (primary N) is 1. The lowest BCUT2D eigenvalue weighted by molar-refractivity contribution is -0.133. The Hall–Kier alpha value is -6.35. The Morgan fingerprint density at radius 1 is 0.897 bits per heavy atom. The van der Waals surface area contributed by atoms with E-state index in [0.717, 1.165) is 81.3 Å². The molecule has 358 valence electrons. The fourth-order valence-electron chi connectivity index (χ4n) is 10.4. The monoisotopic (exact) mass is 934 g/mol. The zero-order valence-corrected chi connectivity index (χ0v) is 38.1. The summed E-state index contributed by atoms with van der Waals surface area (Å²) in [4.78, 5) is 63.6. The van der Waals surface area contributed by atoms with Crippen LogP contribution in [0.1, 0.15) is 94.3 Å². The van der Waals surface area contributed by atoms with E-state index in [1.807, 2.05) is 17.1 Å². The molecule has 21 heteroatoms. The molecule has 6 aliphatic rings. The van der Waals surface area contributed by atoms with Crippen molar-refractivity contribution in [2.75, 3.05) is 81.5 Å². The molecule has 1 unspecified atom stereocenters. The quantitative estimate of drug-likeness (QED) is 0.140. The smallest absolute Gasteiger partial charge is 0.409 e. The predicted octanol–water partition coefficient (Wildman–Crippen LogP) is 5.00. The highest BCUT2D eigenvalue weighted by molar-refractivity contribution is 6.02. The number of carbonyl (C=O) groups is 3. The van der Waals surface area contributed by atoms with Crippen molar-refractivity contribution in [1.82, 2.24) is 54.9 Å². The number of imide groups is 1. The number of benzene rings is 1. The van der Waals surface area contributed by atoms with Gasteiger partial charge in [-0.1, -0.05) is 5.16 Å². The molecule has 0 radical (unpaired) electrons. The largest absolute Gasteiger partial charge is 0.448 e. The number of amides is 3. The Morgan fingerprint density at radius 2 is 1.62 bits per heavy atom. The second kappa shape index (κ2) is 17.9. The summed E-state index contributed by atoms with van der Waals surface area (Å²) in [5.41, 5.74) is 9.94. The molecule has 3 amide bonds. The van der Waals surface area contributed by atoms with Crippen molar-refractivity contribution in [2.45, 2.75) is 101 Å². The molecule has 0 bridgehead atoms. The van der Waals surface area contributed by atoms with Crippen LogP contribution in [0, 0.1) is 11.6 Å². The van der Waals surface area contributed by atoms with E-state index in [1.54, 1.807) is 9.80 Å². The van der Waals surface area contributed by atoms with Crippen LogP contribution in [0.3, 0.4) is 0 Å². The molecule has 0 spiro atoms. The number of piperazine rings is 1. The lowest BCUT2D eigenvalue weighted by Gasteiger charge is -2.43. The molecule has 1 atom stereocenters. The number of nitrogens with zero attached hydrogens (tertiary/aromatic N) is 11. The maximum atomic E-state index is 15.3. The van der Waals surface area contributed by atoms with Crippen LogP contribution < -0.4 is 21.3 Å². The van der Waals surface area contributed by atoms with Crippen molar-refractivity contribution in [1.29, 1.82) is 0 Å². The molecule has 11 rings (SSSR count). The van der Waals surface area contributed by atoms with Crippen LogP contribution in [-0.4, -0.2) is 145 Å². The first-order valence-electron chi connectivity index (χ1n) is 24.0. The number of carbonyl (C=O) groups excluding carboxylic acids is 3. The van der Waals surface area contributed by atoms with E-state index in [2.05, 4.69) is 42.5 Å². The summed E-state index contributed by atoms with van der Waals surface area (Å²) in [6.07, 6.45) is 12.8. The molecule has 2 aliphatic carbocycles. The van der Waals surface area contributed by atoms with E-state index >= 15 is 8.78 Å². The fourth-order valence-corrected chi connectivity index (χ4v) is 10.4. The minimum Gasteiger partial charge on any atom is -0.448 e. The number of halogens is 2. The number of nitrogens with one attached hydrogen (secondary N) is 2. The van der Waals surface area contributed by atoms with Gasteiger partial charge in [-0.05, 0) is 101 Å². The van der Waals surface area contributed by atoms with Gasteiger partial charge in [-0.15, -0.1) is 0 Å². The Kier molecular flexibility index (Phi) is 11.7. The number of rotatable bonds is 12. The Balaban J connectivity index is 0.628. The molecule has 6 fully saturated rings. The van der Waals surface area contributed by atoms with Gasteiger partial charge in [0.15, 0.2) is 28.9 Å². The molecule has 8 heterocycles. The number of piperidine rings is 3. The van der Waals surface area contributed by atoms with Crippen LogP contribution in [0.4, 0.5) is 30.8 Å². The van der Waals surface area contributed by atoms with Crippen LogP contribution >= 0.6 is 0 Å². The lowest BCUT2D eigenvalue weighted by atomic mass is 9.91. The van der Waals surface area contributed by atoms with Gasteiger partial charge in [0, 0.05) is 82.3 Å². The van der Waals surface area contributed by atoms with Crippen molar-refractivity contribution in [3.8, 4) is 22.8 Å². The molecule has 4 saturated heterocycles. The van der Waals surface area contributed by atoms with Gasteiger partial charge in [-0.3, -0.25) is 24.7 Å². The standard InChI is InChI=1S/C47H56F2N14O5/c1-47(10-11-47)63-44-37(42(50)53-26-54-44)38(57-63)39-36(41(68-58-39)28-2-3-28)43-51-24-29(25-52-43)27-6-14-62(15-7-27)46(66)67-21-20-59-12-8-31(9-13-59)60-16-18-61(19-17-60)40-32(48)22-30(23-33(40)49)55-34-4-5-35(64)56-45(34)65/h22-28,31,34,55H,2-21H2,1H3,(H2,50,53,54)(H,56,64,65). The molecule has 5 aromatic rings. The Bertz CT molecular complexity index is 2690. The molecule has 19 nitrogen and oxygen atoms in total. The zero-order chi connectivity index (χ0) is 46.7. The summed E-state index contributed by atoms with van der Waals surface area (Å²) in [6, 6.07) is 2.07. The van der Waals surface area contributed by atoms with Crippen molar-refractivity contribution >= 4 is 46.1 Å². The van der Waals surface area contributed by atoms with Gasteiger partial charge in [0.05, 0.1) is 16.5 Å². The van der Waals surface area contributed by atoms with Crippen molar-refractivity contribution < 1.29 is 32.4 Å². The van der Waals surface area contributed by atoms with Crippen molar-refractivity contribution in [2.24, 2.45) is 0 Å². The third kappa shape index (κ3) is 8.69. The SMILES string of the molecule is CC1(n2nc(-c3noc(C4CC4)c3-c3ncc(C4CCN(C(=O)OCCN5CCC(N6CCN(c7c(F)cc(NC8CCC(=O)NC8=O)cc7F)CC6)CC5)CC4)cn3)c3c(N)ncnc32)CC1. The van der Waals surface area contributed by atoms with Crippen LogP contribution in [0.5, 0.6) is 0 Å². The minimum absolute atomic E-state index is 0.0611. The second-order valence-corrected chi connectivity index (χ2v) is 19.5. The molecule has 4 aliphatic heterocycles. The van der Waals surface area contributed by atoms with Crippen LogP contribution in [-0.2, 0) is 19.9 Å². The number of nitrogen functional groups attached to an aromatic ring is 1. The Labute approximate surface area is 391 Å². The molecular formula is C47H56F2N14O5. The normalized spacial score (nSPS) is 21.9. The number of likely N-dealkylation sites (tertiary alicyclic amines) is 2. The van der Waals surface area contributed by atoms with E-state index in [0.29, 0.717) is 92.5 Å². The van der Waals surface area contributed by atoms with E-state index in [4.69, 9.17) is 30.1 Å². The Morgan fingerprint density at radius 3 is 2.29 bits per heavy atom. The predicted molar refractivity (Wildman–Crippen MR) is 245 cm³/mol. The van der Waals surface area contributed by atoms with Crippen molar-refractivity contribution in [3.63, 3.8) is 0 Å². The molecule has 4 N–H and O–H groups in total. The second-order valence-electron chi connectivity index (χ2n) is 19.5. The number of hydrogen-bond donors (Lipinski definition) is 3. The molecule has 68 heavy (non-hydrogen) atoms. The number of hydrogen-bond acceptors (Lipinski definition) is 16. The lowest BCUT2D eigenvalue weighted by Crippen LogP contribution is -2.53. The first kappa shape index (κ1) is 44.2. The van der Waals surface area contributed by atoms with Gasteiger partial charge in [0.1, 0.15) is 41.9 Å². The minimum atomic E-state index is -0.728. The van der Waals surface area contributed by atoms with Gasteiger partial charge < -0.3 is 30.1 Å². The highest BCUT2D eigenvalue weighted by atomic mass is 19.1. The summed E-state index contributed by atoms with van der Waals surface area (Å²) in [6.45, 7) is 8.42. The average molecular weight is 935 g/mol. The van der Waals surface area contributed by atoms with Gasteiger partial charge in [-0.2, -0.15) is 5.10 Å². The van der Waals surface area contributed by atoms with Crippen LogP contribution in [0.25, 0.3) is 33.8 Å². The third-order valence-electron chi connectivity index (χ3n) is 14.9. The van der Waals surface area contributed by atoms with Crippen LogP contribution in [0.15, 0.2) is 35.4 Å². The fraction of sp³-hybridized carbons (Fsp3) is 0.553. The third-order valence-corrected chi connectivity index (χ3v) is 14.9. The maximum Gasteiger partial charge on any atom is 0.409 e. The van der Waals surface area contributed by atoms with E-state index in [1.165, 1.54) is 18.5 Å². The summed E-state index contributed by atoms with van der Waals surface area (Å²) >= 11 is 0. The summed E-state index contributed by atoms with van der Waals surface area (Å²) in [7, 11) is 0. The average Bonchev–Trinajstić information content (AvgIpc) is 4.25. The summed E-state index contributed by atoms with van der Waals surface area (Å²) in [5, 5.41) is 15.3. The van der Waals surface area contributed by atoms with E-state index < -0.39 is 23.6 Å². The van der Waals surface area contributed by atoms with Gasteiger partial charge in [0.2, 0.25) is 11.8 Å². The highest BCUT2D eigenvalue weighted by Crippen LogP contribution is 2.50.